The summed E-state index contributed by atoms with van der Waals surface area (Å²) >= 11 is 0. The van der Waals surface area contributed by atoms with E-state index in [9.17, 15) is 0 Å². The molecule has 0 atom stereocenters. The van der Waals surface area contributed by atoms with Crippen molar-refractivity contribution < 1.29 is 5.21 Å². The van der Waals surface area contributed by atoms with E-state index < -0.39 is 0 Å². The molecule has 0 spiro atoms. The standard InChI is InChI=1S/C9H9NO.C5H13N/c11-10-6-5-8-3-1-2-4-9(8)7-10;1-4-6-5(2)3/h1-6,11H,7H2;5-6H,4H2,1-3H3. The highest BCUT2D eigenvalue weighted by Gasteiger charge is 2.05. The van der Waals surface area contributed by atoms with Crippen LogP contribution >= 0.6 is 0 Å². The van der Waals surface area contributed by atoms with Crippen molar-refractivity contribution in [2.45, 2.75) is 33.4 Å². The Bertz CT molecular complexity index is 361. The van der Waals surface area contributed by atoms with Gasteiger partial charge in [-0.2, -0.15) is 0 Å². The van der Waals surface area contributed by atoms with Gasteiger partial charge in [-0.15, -0.1) is 0 Å². The lowest BCUT2D eigenvalue weighted by Crippen LogP contribution is -2.21. The molecule has 0 unspecified atom stereocenters. The maximum Gasteiger partial charge on any atom is 0.0702 e. The normalized spacial score (nSPS) is 13.1. The van der Waals surface area contributed by atoms with Gasteiger partial charge in [-0.3, -0.25) is 10.3 Å². The molecule has 1 aromatic rings. The molecule has 94 valence electrons. The van der Waals surface area contributed by atoms with Gasteiger partial charge in [0.25, 0.3) is 0 Å². The zero-order chi connectivity index (χ0) is 12.7. The van der Waals surface area contributed by atoms with E-state index in [2.05, 4.69) is 26.1 Å². The molecule has 3 nitrogen and oxygen atoms in total. The fourth-order valence-electron chi connectivity index (χ4n) is 1.64. The van der Waals surface area contributed by atoms with E-state index in [1.807, 2.05) is 30.3 Å². The summed E-state index contributed by atoms with van der Waals surface area (Å²) < 4.78 is 0. The molecule has 3 heteroatoms. The third-order valence-electron chi connectivity index (χ3n) is 2.43. The first-order valence-electron chi connectivity index (χ1n) is 6.08. The molecule has 0 aliphatic carbocycles. The van der Waals surface area contributed by atoms with Gasteiger partial charge in [-0.25, -0.2) is 0 Å². The van der Waals surface area contributed by atoms with Crippen molar-refractivity contribution in [3.05, 3.63) is 41.6 Å². The Morgan fingerprint density at radius 1 is 1.35 bits per heavy atom. The maximum absolute atomic E-state index is 9.10. The van der Waals surface area contributed by atoms with Crippen LogP contribution in [0.5, 0.6) is 0 Å². The number of rotatable bonds is 2. The first-order chi connectivity index (χ1) is 8.13. The first kappa shape index (κ1) is 13.7. The number of fused-ring (bicyclic) bond motifs is 1. The molecule has 2 rings (SSSR count). The summed E-state index contributed by atoms with van der Waals surface area (Å²) in [7, 11) is 0. The van der Waals surface area contributed by atoms with Gasteiger partial charge in [0.05, 0.1) is 6.54 Å². The Morgan fingerprint density at radius 3 is 2.65 bits per heavy atom. The molecule has 0 aromatic heterocycles. The summed E-state index contributed by atoms with van der Waals surface area (Å²) in [6, 6.07) is 8.68. The zero-order valence-corrected chi connectivity index (χ0v) is 10.9. The fraction of sp³-hybridized carbons (Fsp3) is 0.429. The molecule has 2 N–H and O–H groups in total. The fourth-order valence-corrected chi connectivity index (χ4v) is 1.64. The smallest absolute Gasteiger partial charge is 0.0702 e. The van der Waals surface area contributed by atoms with Gasteiger partial charge in [0.15, 0.2) is 0 Å². The molecule has 0 amide bonds. The molecule has 17 heavy (non-hydrogen) atoms. The van der Waals surface area contributed by atoms with Gasteiger partial charge in [-0.1, -0.05) is 45.0 Å². The van der Waals surface area contributed by atoms with Crippen molar-refractivity contribution in [3.8, 4) is 0 Å². The molecule has 0 bridgehead atoms. The lowest BCUT2D eigenvalue weighted by Gasteiger charge is -2.18. The summed E-state index contributed by atoms with van der Waals surface area (Å²) in [6.07, 6.45) is 3.57. The van der Waals surface area contributed by atoms with Crippen LogP contribution in [0.1, 0.15) is 31.9 Å². The summed E-state index contributed by atoms with van der Waals surface area (Å²) in [5, 5.41) is 13.5. The number of benzene rings is 1. The molecular formula is C14H22N2O. The van der Waals surface area contributed by atoms with Crippen LogP contribution in [0.2, 0.25) is 0 Å². The predicted molar refractivity (Wildman–Crippen MR) is 71.6 cm³/mol. The molecule has 0 saturated heterocycles. The highest BCUT2D eigenvalue weighted by Crippen LogP contribution is 2.17. The molecule has 0 fully saturated rings. The van der Waals surface area contributed by atoms with E-state index in [0.29, 0.717) is 12.6 Å². The van der Waals surface area contributed by atoms with Crippen molar-refractivity contribution in [3.63, 3.8) is 0 Å². The average Bonchev–Trinajstić information content (AvgIpc) is 2.29. The number of nitrogens with zero attached hydrogens (tertiary/aromatic N) is 1. The Labute approximate surface area is 104 Å². The summed E-state index contributed by atoms with van der Waals surface area (Å²) in [4.78, 5) is 0. The van der Waals surface area contributed by atoms with E-state index in [1.165, 1.54) is 10.6 Å². The van der Waals surface area contributed by atoms with Crippen molar-refractivity contribution in [1.29, 1.82) is 0 Å². The Morgan fingerprint density at radius 2 is 2.06 bits per heavy atom. The Kier molecular flexibility index (Phi) is 5.73. The minimum absolute atomic E-state index is 0.590. The van der Waals surface area contributed by atoms with Crippen LogP contribution in [0.15, 0.2) is 30.5 Å². The second-order valence-electron chi connectivity index (χ2n) is 4.32. The largest absolute Gasteiger partial charge is 0.315 e. The second-order valence-corrected chi connectivity index (χ2v) is 4.32. The molecule has 1 aromatic carbocycles. The van der Waals surface area contributed by atoms with Crippen molar-refractivity contribution in [1.82, 2.24) is 10.4 Å². The topological polar surface area (TPSA) is 35.5 Å². The van der Waals surface area contributed by atoms with E-state index >= 15 is 0 Å². The predicted octanol–water partition coefficient (Wildman–Crippen LogP) is 2.87. The van der Waals surface area contributed by atoms with Gasteiger partial charge in [-0.05, 0) is 23.7 Å². The van der Waals surface area contributed by atoms with Crippen LogP contribution in [-0.2, 0) is 6.54 Å². The summed E-state index contributed by atoms with van der Waals surface area (Å²) in [5.41, 5.74) is 2.36. The van der Waals surface area contributed by atoms with Crippen LogP contribution in [0.4, 0.5) is 0 Å². The molecule has 1 aliphatic heterocycles. The van der Waals surface area contributed by atoms with E-state index in [0.717, 1.165) is 12.1 Å². The highest BCUT2D eigenvalue weighted by atomic mass is 16.5. The monoisotopic (exact) mass is 234 g/mol. The molecule has 1 heterocycles. The zero-order valence-electron chi connectivity index (χ0n) is 10.9. The third-order valence-corrected chi connectivity index (χ3v) is 2.43. The van der Waals surface area contributed by atoms with Crippen LogP contribution in [-0.4, -0.2) is 22.9 Å². The summed E-state index contributed by atoms with van der Waals surface area (Å²) in [5.74, 6) is 0. The SMILES string of the molecule is CCNC(C)C.ON1C=Cc2ccccc2C1. The van der Waals surface area contributed by atoms with Crippen LogP contribution in [0, 0.1) is 0 Å². The minimum Gasteiger partial charge on any atom is -0.315 e. The molecule has 0 radical (unpaired) electrons. The van der Waals surface area contributed by atoms with Gasteiger partial charge < -0.3 is 5.32 Å². The summed E-state index contributed by atoms with van der Waals surface area (Å²) in [6.45, 7) is 8.07. The van der Waals surface area contributed by atoms with E-state index in [1.54, 1.807) is 6.20 Å². The first-order valence-corrected chi connectivity index (χ1v) is 6.08. The van der Waals surface area contributed by atoms with E-state index in [-0.39, 0.29) is 0 Å². The van der Waals surface area contributed by atoms with Crippen LogP contribution < -0.4 is 5.32 Å². The van der Waals surface area contributed by atoms with Gasteiger partial charge >= 0.3 is 0 Å². The number of nitrogens with one attached hydrogen (secondary N) is 1. The quantitative estimate of drug-likeness (QED) is 0.826. The molecule has 0 saturated carbocycles. The third kappa shape index (κ3) is 5.02. The van der Waals surface area contributed by atoms with Gasteiger partial charge in [0, 0.05) is 12.2 Å². The van der Waals surface area contributed by atoms with Crippen molar-refractivity contribution in [2.75, 3.05) is 6.54 Å². The van der Waals surface area contributed by atoms with Gasteiger partial charge in [0.1, 0.15) is 0 Å². The Hall–Kier alpha value is -1.32. The van der Waals surface area contributed by atoms with Gasteiger partial charge in [0.2, 0.25) is 0 Å². The Balaban J connectivity index is 0.000000209. The number of hydroxylamine groups is 2. The molecule has 1 aliphatic rings. The lowest BCUT2D eigenvalue weighted by molar-refractivity contribution is -0.0494. The van der Waals surface area contributed by atoms with Crippen LogP contribution in [0.3, 0.4) is 0 Å². The molecular weight excluding hydrogens is 212 g/mol. The minimum atomic E-state index is 0.590. The second kappa shape index (κ2) is 7.09. The average molecular weight is 234 g/mol. The lowest BCUT2D eigenvalue weighted by atomic mass is 10.1. The highest BCUT2D eigenvalue weighted by molar-refractivity contribution is 5.55. The number of hydrogen-bond acceptors (Lipinski definition) is 3. The van der Waals surface area contributed by atoms with Crippen molar-refractivity contribution in [2.24, 2.45) is 0 Å². The van der Waals surface area contributed by atoms with Crippen molar-refractivity contribution >= 4 is 6.08 Å². The van der Waals surface area contributed by atoms with Crippen LogP contribution in [0.25, 0.3) is 6.08 Å². The number of hydrogen-bond donors (Lipinski definition) is 2. The van der Waals surface area contributed by atoms with E-state index in [4.69, 9.17) is 5.21 Å². The maximum atomic E-state index is 9.10.